The van der Waals surface area contributed by atoms with Gasteiger partial charge in [-0.05, 0) is 38.0 Å². The standard InChI is InChI=1S/C14H25NO/c1-2-15-14(16)13(9-8-11-6-7-11)10-12-4-3-5-12/h11-13H,2-10H2,1H3,(H,15,16). The Morgan fingerprint density at radius 2 is 2.00 bits per heavy atom. The zero-order valence-electron chi connectivity index (χ0n) is 10.5. The lowest BCUT2D eigenvalue weighted by atomic mass is 9.77. The van der Waals surface area contributed by atoms with Gasteiger partial charge in [0.1, 0.15) is 0 Å². The third-order valence-corrected chi connectivity index (χ3v) is 4.18. The van der Waals surface area contributed by atoms with Gasteiger partial charge >= 0.3 is 0 Å². The predicted octanol–water partition coefficient (Wildman–Crippen LogP) is 3.12. The smallest absolute Gasteiger partial charge is 0.223 e. The van der Waals surface area contributed by atoms with Crippen LogP contribution in [0, 0.1) is 17.8 Å². The highest BCUT2D eigenvalue weighted by Crippen LogP contribution is 2.38. The minimum absolute atomic E-state index is 0.311. The average Bonchev–Trinajstić information content (AvgIpc) is 2.99. The summed E-state index contributed by atoms with van der Waals surface area (Å²) in [7, 11) is 0. The van der Waals surface area contributed by atoms with Crippen molar-refractivity contribution in [1.82, 2.24) is 5.32 Å². The fourth-order valence-corrected chi connectivity index (χ4v) is 2.65. The van der Waals surface area contributed by atoms with E-state index in [0.717, 1.165) is 31.2 Å². The second kappa shape index (κ2) is 5.70. The van der Waals surface area contributed by atoms with E-state index < -0.39 is 0 Å². The molecule has 0 spiro atoms. The lowest BCUT2D eigenvalue weighted by Crippen LogP contribution is -2.32. The van der Waals surface area contributed by atoms with E-state index in [1.807, 2.05) is 6.92 Å². The number of rotatable bonds is 7. The van der Waals surface area contributed by atoms with Crippen molar-refractivity contribution in [1.29, 1.82) is 0 Å². The van der Waals surface area contributed by atoms with Gasteiger partial charge in [-0.2, -0.15) is 0 Å². The van der Waals surface area contributed by atoms with Crippen LogP contribution < -0.4 is 5.32 Å². The minimum atomic E-state index is 0.311. The van der Waals surface area contributed by atoms with E-state index in [9.17, 15) is 4.79 Å². The molecule has 0 aromatic rings. The summed E-state index contributed by atoms with van der Waals surface area (Å²) in [5.41, 5.74) is 0. The van der Waals surface area contributed by atoms with Gasteiger partial charge in [0.2, 0.25) is 5.91 Å². The molecule has 0 radical (unpaired) electrons. The minimum Gasteiger partial charge on any atom is -0.356 e. The first-order valence-corrected chi connectivity index (χ1v) is 7.07. The van der Waals surface area contributed by atoms with Crippen molar-refractivity contribution in [2.75, 3.05) is 6.54 Å². The van der Waals surface area contributed by atoms with Gasteiger partial charge in [0, 0.05) is 12.5 Å². The highest BCUT2D eigenvalue weighted by molar-refractivity contribution is 5.78. The van der Waals surface area contributed by atoms with Crippen LogP contribution in [-0.4, -0.2) is 12.5 Å². The number of hydrogen-bond acceptors (Lipinski definition) is 1. The van der Waals surface area contributed by atoms with Crippen LogP contribution in [0.15, 0.2) is 0 Å². The molecule has 1 unspecified atom stereocenters. The van der Waals surface area contributed by atoms with Crippen LogP contribution in [0.4, 0.5) is 0 Å². The zero-order chi connectivity index (χ0) is 11.4. The zero-order valence-corrected chi connectivity index (χ0v) is 10.5. The van der Waals surface area contributed by atoms with Crippen LogP contribution in [0.5, 0.6) is 0 Å². The molecule has 92 valence electrons. The first-order valence-electron chi connectivity index (χ1n) is 7.07. The molecule has 0 bridgehead atoms. The monoisotopic (exact) mass is 223 g/mol. The van der Waals surface area contributed by atoms with E-state index in [-0.39, 0.29) is 0 Å². The number of nitrogens with one attached hydrogen (secondary N) is 1. The predicted molar refractivity (Wildman–Crippen MR) is 66.1 cm³/mol. The molecule has 0 saturated heterocycles. The number of amides is 1. The van der Waals surface area contributed by atoms with Crippen molar-refractivity contribution < 1.29 is 4.79 Å². The van der Waals surface area contributed by atoms with E-state index in [2.05, 4.69) is 5.32 Å². The normalized spacial score (nSPS) is 22.6. The molecule has 1 atom stereocenters. The third kappa shape index (κ3) is 3.50. The number of carbonyl (C=O) groups excluding carboxylic acids is 1. The van der Waals surface area contributed by atoms with Gasteiger partial charge < -0.3 is 5.32 Å². The first-order chi connectivity index (χ1) is 7.79. The molecule has 1 amide bonds. The molecular weight excluding hydrogens is 198 g/mol. The van der Waals surface area contributed by atoms with Crippen LogP contribution in [0.25, 0.3) is 0 Å². The molecule has 2 nitrogen and oxygen atoms in total. The molecule has 0 aromatic heterocycles. The average molecular weight is 223 g/mol. The Bertz CT molecular complexity index is 231. The summed E-state index contributed by atoms with van der Waals surface area (Å²) < 4.78 is 0. The van der Waals surface area contributed by atoms with Crippen molar-refractivity contribution in [3.8, 4) is 0 Å². The largest absolute Gasteiger partial charge is 0.356 e. The van der Waals surface area contributed by atoms with Gasteiger partial charge in [-0.1, -0.05) is 32.1 Å². The third-order valence-electron chi connectivity index (χ3n) is 4.18. The molecule has 2 rings (SSSR count). The summed E-state index contributed by atoms with van der Waals surface area (Å²) in [6, 6.07) is 0. The summed E-state index contributed by atoms with van der Waals surface area (Å²) in [6.07, 6.45) is 10.5. The fourth-order valence-electron chi connectivity index (χ4n) is 2.65. The van der Waals surface area contributed by atoms with Crippen molar-refractivity contribution in [3.05, 3.63) is 0 Å². The topological polar surface area (TPSA) is 29.1 Å². The van der Waals surface area contributed by atoms with Crippen LogP contribution in [0.3, 0.4) is 0 Å². The highest BCUT2D eigenvalue weighted by atomic mass is 16.1. The second-order valence-electron chi connectivity index (χ2n) is 5.64. The van der Waals surface area contributed by atoms with Crippen LogP contribution >= 0.6 is 0 Å². The van der Waals surface area contributed by atoms with Gasteiger partial charge in [-0.25, -0.2) is 0 Å². The van der Waals surface area contributed by atoms with Gasteiger partial charge in [-0.15, -0.1) is 0 Å². The highest BCUT2D eigenvalue weighted by Gasteiger charge is 2.28. The second-order valence-corrected chi connectivity index (χ2v) is 5.64. The van der Waals surface area contributed by atoms with E-state index in [4.69, 9.17) is 0 Å². The Kier molecular flexibility index (Phi) is 4.25. The maximum atomic E-state index is 11.9. The lowest BCUT2D eigenvalue weighted by Gasteiger charge is -2.29. The Morgan fingerprint density at radius 1 is 1.25 bits per heavy atom. The van der Waals surface area contributed by atoms with Gasteiger partial charge in [-0.3, -0.25) is 4.79 Å². The molecule has 1 N–H and O–H groups in total. The fraction of sp³-hybridized carbons (Fsp3) is 0.929. The SMILES string of the molecule is CCNC(=O)C(CCC1CC1)CC1CCC1. The Morgan fingerprint density at radius 3 is 2.50 bits per heavy atom. The summed E-state index contributed by atoms with van der Waals surface area (Å²) in [5, 5.41) is 3.00. The van der Waals surface area contributed by atoms with Gasteiger partial charge in [0.05, 0.1) is 0 Å². The maximum absolute atomic E-state index is 11.9. The van der Waals surface area contributed by atoms with Gasteiger partial charge in [0.15, 0.2) is 0 Å². The van der Waals surface area contributed by atoms with E-state index in [1.165, 1.54) is 38.5 Å². The molecule has 2 fully saturated rings. The Balaban J connectivity index is 1.75. The van der Waals surface area contributed by atoms with Crippen LogP contribution in [0.1, 0.15) is 58.3 Å². The number of carbonyl (C=O) groups is 1. The van der Waals surface area contributed by atoms with Crippen molar-refractivity contribution in [3.63, 3.8) is 0 Å². The van der Waals surface area contributed by atoms with Crippen molar-refractivity contribution in [2.45, 2.75) is 58.3 Å². The molecule has 2 aliphatic rings. The summed E-state index contributed by atoms with van der Waals surface area (Å²) in [5.74, 6) is 2.44. The van der Waals surface area contributed by atoms with E-state index in [0.29, 0.717) is 11.8 Å². The van der Waals surface area contributed by atoms with Gasteiger partial charge in [0.25, 0.3) is 0 Å². The summed E-state index contributed by atoms with van der Waals surface area (Å²) in [4.78, 5) is 11.9. The van der Waals surface area contributed by atoms with Crippen molar-refractivity contribution in [2.24, 2.45) is 17.8 Å². The quantitative estimate of drug-likeness (QED) is 0.706. The Hall–Kier alpha value is -0.530. The van der Waals surface area contributed by atoms with Crippen LogP contribution in [0.2, 0.25) is 0 Å². The molecule has 0 aromatic carbocycles. The summed E-state index contributed by atoms with van der Waals surface area (Å²) >= 11 is 0. The maximum Gasteiger partial charge on any atom is 0.223 e. The molecule has 16 heavy (non-hydrogen) atoms. The van der Waals surface area contributed by atoms with Crippen LogP contribution in [-0.2, 0) is 4.79 Å². The molecule has 2 aliphatic carbocycles. The van der Waals surface area contributed by atoms with E-state index >= 15 is 0 Å². The molecule has 0 heterocycles. The Labute approximate surface area is 99.2 Å². The molecule has 0 aliphatic heterocycles. The molecule has 2 saturated carbocycles. The lowest BCUT2D eigenvalue weighted by molar-refractivity contribution is -0.126. The first kappa shape index (κ1) is 11.9. The van der Waals surface area contributed by atoms with E-state index in [1.54, 1.807) is 0 Å². The number of hydrogen-bond donors (Lipinski definition) is 1. The molecular formula is C14H25NO. The summed E-state index contributed by atoms with van der Waals surface area (Å²) in [6.45, 7) is 2.79. The van der Waals surface area contributed by atoms with Crippen molar-refractivity contribution >= 4 is 5.91 Å². The molecule has 2 heteroatoms.